The second kappa shape index (κ2) is 9.37. The summed E-state index contributed by atoms with van der Waals surface area (Å²) in [6.45, 7) is 4.50. The normalized spacial score (nSPS) is 15.1. The quantitative estimate of drug-likeness (QED) is 0.649. The van der Waals surface area contributed by atoms with Crippen molar-refractivity contribution in [3.05, 3.63) is 65.5 Å². The van der Waals surface area contributed by atoms with E-state index in [1.807, 2.05) is 12.1 Å². The summed E-state index contributed by atoms with van der Waals surface area (Å²) in [5.41, 5.74) is 3.03. The van der Waals surface area contributed by atoms with E-state index in [2.05, 4.69) is 44.4 Å². The van der Waals surface area contributed by atoms with E-state index < -0.39 is 0 Å². The summed E-state index contributed by atoms with van der Waals surface area (Å²) in [5.74, 6) is 0.717. The van der Waals surface area contributed by atoms with E-state index in [-0.39, 0.29) is 5.82 Å². The van der Waals surface area contributed by atoms with Gasteiger partial charge in [0.1, 0.15) is 5.82 Å². The lowest BCUT2D eigenvalue weighted by molar-refractivity contribution is 0.185. The number of piperazine rings is 1. The third-order valence-electron chi connectivity index (χ3n) is 4.77. The molecule has 0 atom stereocenters. The van der Waals surface area contributed by atoms with Crippen LogP contribution in [0.1, 0.15) is 11.1 Å². The van der Waals surface area contributed by atoms with Crippen LogP contribution in [0, 0.1) is 5.82 Å². The Balaban J connectivity index is 1.52. The number of nitrogens with zero attached hydrogens (tertiary/aromatic N) is 3. The van der Waals surface area contributed by atoms with Gasteiger partial charge in [0.15, 0.2) is 5.96 Å². The highest BCUT2D eigenvalue weighted by Crippen LogP contribution is 2.20. The standard InChI is InChI=1S/C21H27FN4O/c1-23-21(24-15-17-7-9-18(10-8-17)16-27-2)26-13-11-25(12-14-26)20-6-4-3-5-19(20)22/h3-10H,11-16H2,1-2H3,(H,23,24). The molecule has 1 N–H and O–H groups in total. The molecule has 2 aromatic rings. The number of benzene rings is 2. The van der Waals surface area contributed by atoms with Crippen molar-refractivity contribution in [1.82, 2.24) is 10.2 Å². The van der Waals surface area contributed by atoms with Crippen LogP contribution in [0.15, 0.2) is 53.5 Å². The topological polar surface area (TPSA) is 40.1 Å². The van der Waals surface area contributed by atoms with Gasteiger partial charge in [-0.15, -0.1) is 0 Å². The van der Waals surface area contributed by atoms with Crippen molar-refractivity contribution >= 4 is 11.6 Å². The number of rotatable bonds is 5. The Morgan fingerprint density at radius 1 is 1.04 bits per heavy atom. The van der Waals surface area contributed by atoms with E-state index in [0.29, 0.717) is 18.8 Å². The SMILES string of the molecule is CN=C(NCc1ccc(COC)cc1)N1CCN(c2ccccc2F)CC1. The van der Waals surface area contributed by atoms with Crippen molar-refractivity contribution in [3.63, 3.8) is 0 Å². The molecule has 27 heavy (non-hydrogen) atoms. The van der Waals surface area contributed by atoms with Crippen LogP contribution in [0.3, 0.4) is 0 Å². The zero-order chi connectivity index (χ0) is 19.1. The van der Waals surface area contributed by atoms with Crippen molar-refractivity contribution in [2.45, 2.75) is 13.2 Å². The maximum absolute atomic E-state index is 14.0. The average molecular weight is 370 g/mol. The molecule has 1 aliphatic rings. The largest absolute Gasteiger partial charge is 0.380 e. The Kier molecular flexibility index (Phi) is 6.65. The van der Waals surface area contributed by atoms with E-state index >= 15 is 0 Å². The van der Waals surface area contributed by atoms with Gasteiger partial charge in [0.25, 0.3) is 0 Å². The number of para-hydroxylation sites is 1. The molecule has 1 fully saturated rings. The summed E-state index contributed by atoms with van der Waals surface area (Å²) in [7, 11) is 3.50. The summed E-state index contributed by atoms with van der Waals surface area (Å²) in [6, 6.07) is 15.3. The molecular formula is C21H27FN4O. The zero-order valence-electron chi connectivity index (χ0n) is 16.0. The first-order valence-corrected chi connectivity index (χ1v) is 9.23. The monoisotopic (exact) mass is 370 g/mol. The fourth-order valence-corrected chi connectivity index (χ4v) is 3.30. The number of anilines is 1. The number of hydrogen-bond acceptors (Lipinski definition) is 3. The number of guanidine groups is 1. The molecule has 0 aromatic heterocycles. The van der Waals surface area contributed by atoms with E-state index in [9.17, 15) is 4.39 Å². The van der Waals surface area contributed by atoms with Gasteiger partial charge < -0.3 is 19.9 Å². The molecule has 1 aliphatic heterocycles. The lowest BCUT2D eigenvalue weighted by Crippen LogP contribution is -2.52. The number of aliphatic imine (C=N–C) groups is 1. The first kappa shape index (κ1) is 19.2. The third kappa shape index (κ3) is 4.98. The molecule has 0 spiro atoms. The Hall–Kier alpha value is -2.60. The maximum atomic E-state index is 14.0. The van der Waals surface area contributed by atoms with Crippen LogP contribution in [0.4, 0.5) is 10.1 Å². The summed E-state index contributed by atoms with van der Waals surface area (Å²) in [4.78, 5) is 8.72. The van der Waals surface area contributed by atoms with E-state index in [0.717, 1.165) is 37.7 Å². The van der Waals surface area contributed by atoms with Crippen molar-refractivity contribution in [1.29, 1.82) is 0 Å². The first-order chi connectivity index (χ1) is 13.2. The van der Waals surface area contributed by atoms with Gasteiger partial charge in [-0.2, -0.15) is 0 Å². The minimum atomic E-state index is -0.162. The summed E-state index contributed by atoms with van der Waals surface area (Å²) < 4.78 is 19.1. The molecule has 1 saturated heterocycles. The zero-order valence-corrected chi connectivity index (χ0v) is 16.0. The van der Waals surface area contributed by atoms with Gasteiger partial charge in [-0.05, 0) is 23.3 Å². The molecule has 5 nitrogen and oxygen atoms in total. The number of nitrogens with one attached hydrogen (secondary N) is 1. The highest BCUT2D eigenvalue weighted by Gasteiger charge is 2.21. The summed E-state index contributed by atoms with van der Waals surface area (Å²) in [5, 5.41) is 3.42. The van der Waals surface area contributed by atoms with E-state index in [1.54, 1.807) is 20.2 Å². The van der Waals surface area contributed by atoms with Gasteiger partial charge >= 0.3 is 0 Å². The minimum Gasteiger partial charge on any atom is -0.380 e. The van der Waals surface area contributed by atoms with Gasteiger partial charge in [0.05, 0.1) is 12.3 Å². The van der Waals surface area contributed by atoms with Gasteiger partial charge in [0, 0.05) is 46.9 Å². The molecule has 0 saturated carbocycles. The maximum Gasteiger partial charge on any atom is 0.194 e. The third-order valence-corrected chi connectivity index (χ3v) is 4.77. The molecule has 0 radical (unpaired) electrons. The highest BCUT2D eigenvalue weighted by molar-refractivity contribution is 5.80. The van der Waals surface area contributed by atoms with Crippen molar-refractivity contribution in [3.8, 4) is 0 Å². The van der Waals surface area contributed by atoms with Crippen LogP contribution >= 0.6 is 0 Å². The Morgan fingerprint density at radius 3 is 2.33 bits per heavy atom. The van der Waals surface area contributed by atoms with Crippen LogP contribution in [0.5, 0.6) is 0 Å². The number of hydrogen-bond donors (Lipinski definition) is 1. The fraction of sp³-hybridized carbons (Fsp3) is 0.381. The van der Waals surface area contributed by atoms with Crippen LogP contribution in [0.2, 0.25) is 0 Å². The molecule has 2 aromatic carbocycles. The lowest BCUT2D eigenvalue weighted by atomic mass is 10.1. The van der Waals surface area contributed by atoms with Crippen LogP contribution < -0.4 is 10.2 Å². The first-order valence-electron chi connectivity index (χ1n) is 9.23. The second-order valence-electron chi connectivity index (χ2n) is 6.58. The Labute approximate surface area is 160 Å². The summed E-state index contributed by atoms with van der Waals surface area (Å²) >= 11 is 0. The van der Waals surface area contributed by atoms with Crippen molar-refractivity contribution in [2.24, 2.45) is 4.99 Å². The molecule has 3 rings (SSSR count). The average Bonchev–Trinajstić information content (AvgIpc) is 2.71. The number of ether oxygens (including phenoxy) is 1. The van der Waals surface area contributed by atoms with Crippen molar-refractivity contribution < 1.29 is 9.13 Å². The van der Waals surface area contributed by atoms with E-state index in [1.165, 1.54) is 11.6 Å². The van der Waals surface area contributed by atoms with Crippen LogP contribution in [-0.4, -0.2) is 51.2 Å². The molecule has 0 aliphatic carbocycles. The second-order valence-corrected chi connectivity index (χ2v) is 6.58. The Bertz CT molecular complexity index is 755. The molecular weight excluding hydrogens is 343 g/mol. The van der Waals surface area contributed by atoms with Gasteiger partial charge in [-0.1, -0.05) is 36.4 Å². The smallest absolute Gasteiger partial charge is 0.194 e. The predicted octanol–water partition coefficient (Wildman–Crippen LogP) is 2.87. The molecule has 0 bridgehead atoms. The van der Waals surface area contributed by atoms with Gasteiger partial charge in [-0.3, -0.25) is 4.99 Å². The summed E-state index contributed by atoms with van der Waals surface area (Å²) in [6.07, 6.45) is 0. The fourth-order valence-electron chi connectivity index (χ4n) is 3.30. The van der Waals surface area contributed by atoms with Crippen LogP contribution in [-0.2, 0) is 17.9 Å². The van der Waals surface area contributed by atoms with Gasteiger partial charge in [-0.25, -0.2) is 4.39 Å². The van der Waals surface area contributed by atoms with Crippen molar-refractivity contribution in [2.75, 3.05) is 45.2 Å². The van der Waals surface area contributed by atoms with Crippen LogP contribution in [0.25, 0.3) is 0 Å². The number of methoxy groups -OCH3 is 1. The minimum absolute atomic E-state index is 0.162. The highest BCUT2D eigenvalue weighted by atomic mass is 19.1. The number of halogens is 1. The Morgan fingerprint density at radius 2 is 1.70 bits per heavy atom. The molecule has 1 heterocycles. The lowest BCUT2D eigenvalue weighted by Gasteiger charge is -2.37. The molecule has 144 valence electrons. The predicted molar refractivity (Wildman–Crippen MR) is 108 cm³/mol. The van der Waals surface area contributed by atoms with E-state index in [4.69, 9.17) is 4.74 Å². The molecule has 0 amide bonds. The molecule has 0 unspecified atom stereocenters. The molecule has 6 heteroatoms. The van der Waals surface area contributed by atoms with Gasteiger partial charge in [0.2, 0.25) is 0 Å².